The summed E-state index contributed by atoms with van der Waals surface area (Å²) in [5.74, 6) is 8.93. The molecule has 1 nitrogen and oxygen atoms in total. The molecular weight excluding hydrogens is 579 g/mol. The first-order valence-electron chi connectivity index (χ1n) is 17.9. The summed E-state index contributed by atoms with van der Waals surface area (Å²) in [6, 6.07) is 25.8. The molecule has 0 saturated heterocycles. The van der Waals surface area contributed by atoms with Crippen LogP contribution >= 0.6 is 0 Å². The molecule has 232 valence electrons. The molecule has 1 aliphatic heterocycles. The van der Waals surface area contributed by atoms with E-state index in [1.54, 1.807) is 0 Å². The second-order valence-electron chi connectivity index (χ2n) is 14.9. The zero-order valence-corrected chi connectivity index (χ0v) is 27.4. The lowest BCUT2D eigenvalue weighted by Gasteiger charge is -2.35. The molecular formula is C47H39N. The van der Waals surface area contributed by atoms with Crippen LogP contribution in [0.3, 0.4) is 0 Å². The van der Waals surface area contributed by atoms with E-state index in [4.69, 9.17) is 0 Å². The lowest BCUT2D eigenvalue weighted by atomic mass is 9.70. The van der Waals surface area contributed by atoms with Gasteiger partial charge in [0.15, 0.2) is 0 Å². The fourth-order valence-electron chi connectivity index (χ4n) is 9.34. The molecule has 1 saturated carbocycles. The summed E-state index contributed by atoms with van der Waals surface area (Å²) in [4.78, 5) is 2.58. The highest BCUT2D eigenvalue weighted by atomic mass is 15.2. The van der Waals surface area contributed by atoms with Crippen LogP contribution in [-0.4, -0.2) is 6.04 Å². The van der Waals surface area contributed by atoms with Gasteiger partial charge < -0.3 is 4.90 Å². The van der Waals surface area contributed by atoms with E-state index < -0.39 is 0 Å². The summed E-state index contributed by atoms with van der Waals surface area (Å²) in [5, 5.41) is 5.16. The van der Waals surface area contributed by atoms with Crippen molar-refractivity contribution in [3.63, 3.8) is 0 Å². The molecule has 4 aromatic rings. The van der Waals surface area contributed by atoms with Gasteiger partial charge in [-0.3, -0.25) is 0 Å². The summed E-state index contributed by atoms with van der Waals surface area (Å²) in [6.45, 7) is 2.33. The molecule has 1 heterocycles. The first-order chi connectivity index (χ1) is 23.6. The van der Waals surface area contributed by atoms with Gasteiger partial charge in [0.25, 0.3) is 0 Å². The molecule has 0 aromatic heterocycles. The van der Waals surface area contributed by atoms with Crippen molar-refractivity contribution < 1.29 is 0 Å². The van der Waals surface area contributed by atoms with Crippen molar-refractivity contribution in [3.8, 4) is 23.0 Å². The summed E-state index contributed by atoms with van der Waals surface area (Å²) in [7, 11) is 0. The maximum Gasteiger partial charge on any atom is 0.0725 e. The highest BCUT2D eigenvalue weighted by Crippen LogP contribution is 2.50. The minimum atomic E-state index is 0.0378. The average molecular weight is 618 g/mol. The maximum atomic E-state index is 3.62. The molecule has 4 aromatic carbocycles. The van der Waals surface area contributed by atoms with E-state index in [0.29, 0.717) is 17.8 Å². The smallest absolute Gasteiger partial charge is 0.0725 e. The molecule has 10 rings (SSSR count). The standard InChI is InChI=1S/C47H39N/c1-47-25-7-6-10-40(47)21-17-39(30-47)37-16-15-33-26-34(13-14-35(33)27-37)36-19-23-42-38(28-36)20-24-45-46(42)43-11-4-5-12-44(43)48(45)41-22-18-31-8-2-3-9-32(31)29-41/h5-7,10,12-32,40,43-44H,2-3,8-9H2,1H3/t31?,32?,40?,43?,44?,47-/m1/s1. The average Bonchev–Trinajstić information content (AvgIpc) is 3.48. The Kier molecular flexibility index (Phi) is 6.26. The Morgan fingerprint density at radius 1 is 0.729 bits per heavy atom. The summed E-state index contributed by atoms with van der Waals surface area (Å²) in [6.07, 6.45) is 33.3. The molecule has 5 aliphatic carbocycles. The van der Waals surface area contributed by atoms with E-state index in [1.165, 1.54) is 86.4 Å². The zero-order valence-electron chi connectivity index (χ0n) is 27.4. The topological polar surface area (TPSA) is 3.24 Å². The second-order valence-corrected chi connectivity index (χ2v) is 14.9. The fourth-order valence-corrected chi connectivity index (χ4v) is 9.34. The van der Waals surface area contributed by atoms with E-state index in [-0.39, 0.29) is 17.4 Å². The highest BCUT2D eigenvalue weighted by Gasteiger charge is 2.40. The first kappa shape index (κ1) is 28.0. The third kappa shape index (κ3) is 4.39. The van der Waals surface area contributed by atoms with Gasteiger partial charge in [0, 0.05) is 28.3 Å². The van der Waals surface area contributed by atoms with Crippen LogP contribution in [0, 0.1) is 35.0 Å². The Hall–Kier alpha value is -5.06. The van der Waals surface area contributed by atoms with Crippen molar-refractivity contribution in [1.29, 1.82) is 0 Å². The molecule has 6 atom stereocenters. The van der Waals surface area contributed by atoms with Crippen LogP contribution in [0.15, 0.2) is 145 Å². The van der Waals surface area contributed by atoms with E-state index in [9.17, 15) is 0 Å². The minimum Gasteiger partial charge on any atom is -0.333 e. The first-order valence-corrected chi connectivity index (χ1v) is 17.9. The van der Waals surface area contributed by atoms with Gasteiger partial charge in [0.05, 0.1) is 12.0 Å². The lowest BCUT2D eigenvalue weighted by Crippen LogP contribution is -2.33. The van der Waals surface area contributed by atoms with Crippen LogP contribution in [-0.2, 0) is 0 Å². The number of nitrogens with zero attached hydrogens (tertiary/aromatic N) is 1. The van der Waals surface area contributed by atoms with Crippen molar-refractivity contribution in [1.82, 2.24) is 0 Å². The van der Waals surface area contributed by atoms with Gasteiger partial charge >= 0.3 is 0 Å². The Morgan fingerprint density at radius 2 is 1.50 bits per heavy atom. The number of anilines is 1. The van der Waals surface area contributed by atoms with Crippen molar-refractivity contribution in [2.24, 2.45) is 23.2 Å². The highest BCUT2D eigenvalue weighted by molar-refractivity contribution is 5.98. The zero-order chi connectivity index (χ0) is 31.8. The number of rotatable bonds is 3. The van der Waals surface area contributed by atoms with E-state index in [2.05, 4.69) is 163 Å². The Morgan fingerprint density at radius 3 is 2.40 bits per heavy atom. The lowest BCUT2D eigenvalue weighted by molar-refractivity contribution is 0.332. The Labute approximate surface area is 284 Å². The molecule has 1 fully saturated rings. The molecule has 0 radical (unpaired) electrons. The van der Waals surface area contributed by atoms with Crippen molar-refractivity contribution in [2.75, 3.05) is 4.90 Å². The van der Waals surface area contributed by atoms with Gasteiger partial charge in [-0.05, 0) is 105 Å². The van der Waals surface area contributed by atoms with Crippen LogP contribution < -0.4 is 4.90 Å². The molecule has 6 aliphatic rings. The third-order valence-electron chi connectivity index (χ3n) is 12.0. The monoisotopic (exact) mass is 617 g/mol. The summed E-state index contributed by atoms with van der Waals surface area (Å²) < 4.78 is 0. The quantitative estimate of drug-likeness (QED) is 0.207. The van der Waals surface area contributed by atoms with Gasteiger partial charge in [-0.1, -0.05) is 135 Å². The number of hydrogen-bond acceptors (Lipinski definition) is 1. The molecule has 5 unspecified atom stereocenters. The number of fused-ring (bicyclic) bond motifs is 8. The van der Waals surface area contributed by atoms with Crippen molar-refractivity contribution in [2.45, 2.75) is 44.6 Å². The van der Waals surface area contributed by atoms with Crippen LogP contribution in [0.2, 0.25) is 0 Å². The normalized spacial score (nSPS) is 29.1. The number of allylic oxidation sites excluding steroid dienone is 12. The van der Waals surface area contributed by atoms with Gasteiger partial charge in [0.2, 0.25) is 0 Å². The van der Waals surface area contributed by atoms with Gasteiger partial charge in [0.1, 0.15) is 0 Å². The summed E-state index contributed by atoms with van der Waals surface area (Å²) >= 11 is 0. The van der Waals surface area contributed by atoms with E-state index in [0.717, 1.165) is 0 Å². The van der Waals surface area contributed by atoms with Crippen LogP contribution in [0.25, 0.3) is 38.2 Å². The number of hydrogen-bond donors (Lipinski definition) is 0. The van der Waals surface area contributed by atoms with Crippen LogP contribution in [0.1, 0.15) is 49.7 Å². The molecule has 0 bridgehead atoms. The molecule has 0 N–H and O–H groups in total. The molecule has 1 heteroatoms. The largest absolute Gasteiger partial charge is 0.333 e. The second kappa shape index (κ2) is 10.7. The third-order valence-corrected chi connectivity index (χ3v) is 12.0. The molecule has 48 heavy (non-hydrogen) atoms. The Balaban J connectivity index is 0.988. The van der Waals surface area contributed by atoms with Crippen molar-refractivity contribution >= 4 is 32.8 Å². The van der Waals surface area contributed by atoms with Gasteiger partial charge in [-0.15, -0.1) is 0 Å². The van der Waals surface area contributed by atoms with Crippen molar-refractivity contribution in [3.05, 3.63) is 156 Å². The Bertz CT molecular complexity index is 2310. The SMILES string of the molecule is C[C@]12C=CC=CC1C=CC(c1ccc3cc(-c4ccc5c6c(ccc5c4)N(C4=CC5CCCCC5C=C4)C4C=CC#CC64)ccc3c1)=C2. The van der Waals surface area contributed by atoms with Gasteiger partial charge in [-0.2, -0.15) is 0 Å². The van der Waals surface area contributed by atoms with Crippen LogP contribution in [0.4, 0.5) is 5.69 Å². The predicted molar refractivity (Wildman–Crippen MR) is 202 cm³/mol. The maximum absolute atomic E-state index is 3.62. The molecule has 0 amide bonds. The minimum absolute atomic E-state index is 0.0378. The van der Waals surface area contributed by atoms with E-state index >= 15 is 0 Å². The fraction of sp³-hybridized carbons (Fsp3) is 0.234. The van der Waals surface area contributed by atoms with Gasteiger partial charge in [-0.25, -0.2) is 0 Å². The van der Waals surface area contributed by atoms with Crippen LogP contribution in [0.5, 0.6) is 0 Å². The predicted octanol–water partition coefficient (Wildman–Crippen LogP) is 11.5. The van der Waals surface area contributed by atoms with E-state index in [1.807, 2.05) is 0 Å². The summed E-state index contributed by atoms with van der Waals surface area (Å²) in [5.41, 5.74) is 9.19. The number of benzene rings is 4. The molecule has 0 spiro atoms.